The molecule has 1 rings (SSSR count). The average molecular weight is 169 g/mol. The summed E-state index contributed by atoms with van der Waals surface area (Å²) in [7, 11) is 0. The van der Waals surface area contributed by atoms with Crippen LogP contribution < -0.4 is 5.73 Å². The molecular formula is C11H23N. The van der Waals surface area contributed by atoms with Gasteiger partial charge in [-0.25, -0.2) is 0 Å². The van der Waals surface area contributed by atoms with E-state index in [1.807, 2.05) is 0 Å². The molecule has 0 amide bonds. The molecule has 1 saturated carbocycles. The molecule has 1 fully saturated rings. The van der Waals surface area contributed by atoms with E-state index in [0.717, 1.165) is 11.8 Å². The summed E-state index contributed by atoms with van der Waals surface area (Å²) in [5.74, 6) is 1.56. The van der Waals surface area contributed by atoms with Crippen LogP contribution in [-0.4, -0.2) is 6.04 Å². The third-order valence-corrected chi connectivity index (χ3v) is 3.23. The SMILES string of the molecule is CC(C)[C@@H]1CCCCCC[C@@H]1N. The van der Waals surface area contributed by atoms with Gasteiger partial charge in [0.2, 0.25) is 0 Å². The van der Waals surface area contributed by atoms with Crippen molar-refractivity contribution in [3.63, 3.8) is 0 Å². The second-order valence-corrected chi connectivity index (χ2v) is 4.56. The van der Waals surface area contributed by atoms with E-state index >= 15 is 0 Å². The van der Waals surface area contributed by atoms with Crippen LogP contribution in [-0.2, 0) is 0 Å². The molecule has 12 heavy (non-hydrogen) atoms. The molecular weight excluding hydrogens is 146 g/mol. The number of hydrogen-bond donors (Lipinski definition) is 1. The zero-order valence-electron chi connectivity index (χ0n) is 8.55. The minimum atomic E-state index is 0.477. The Bertz CT molecular complexity index is 120. The van der Waals surface area contributed by atoms with Gasteiger partial charge in [-0.2, -0.15) is 0 Å². The van der Waals surface area contributed by atoms with Crippen molar-refractivity contribution in [2.45, 2.75) is 58.4 Å². The van der Waals surface area contributed by atoms with Gasteiger partial charge in [0.05, 0.1) is 0 Å². The van der Waals surface area contributed by atoms with E-state index in [0.29, 0.717) is 6.04 Å². The third kappa shape index (κ3) is 2.78. The van der Waals surface area contributed by atoms with E-state index in [1.54, 1.807) is 0 Å². The zero-order chi connectivity index (χ0) is 8.97. The van der Waals surface area contributed by atoms with E-state index in [9.17, 15) is 0 Å². The van der Waals surface area contributed by atoms with Crippen LogP contribution in [0.3, 0.4) is 0 Å². The molecule has 0 unspecified atom stereocenters. The molecule has 0 aromatic rings. The van der Waals surface area contributed by atoms with Crippen LogP contribution in [0.4, 0.5) is 0 Å². The fraction of sp³-hybridized carbons (Fsp3) is 1.00. The molecule has 0 bridgehead atoms. The molecule has 0 aromatic heterocycles. The lowest BCUT2D eigenvalue weighted by Crippen LogP contribution is -2.34. The summed E-state index contributed by atoms with van der Waals surface area (Å²) in [4.78, 5) is 0. The quantitative estimate of drug-likeness (QED) is 0.641. The van der Waals surface area contributed by atoms with Gasteiger partial charge >= 0.3 is 0 Å². The number of hydrogen-bond acceptors (Lipinski definition) is 1. The molecule has 0 heterocycles. The van der Waals surface area contributed by atoms with Crippen molar-refractivity contribution in [2.75, 3.05) is 0 Å². The predicted octanol–water partition coefficient (Wildman–Crippen LogP) is 2.94. The summed E-state index contributed by atoms with van der Waals surface area (Å²) in [5, 5.41) is 0. The maximum absolute atomic E-state index is 6.15. The summed E-state index contributed by atoms with van der Waals surface area (Å²) in [5.41, 5.74) is 6.15. The smallest absolute Gasteiger partial charge is 0.00696 e. The summed E-state index contributed by atoms with van der Waals surface area (Å²) in [6, 6.07) is 0.477. The largest absolute Gasteiger partial charge is 0.327 e. The summed E-state index contributed by atoms with van der Waals surface area (Å²) in [6.07, 6.45) is 8.19. The fourth-order valence-corrected chi connectivity index (χ4v) is 2.37. The van der Waals surface area contributed by atoms with E-state index in [4.69, 9.17) is 5.73 Å². The van der Waals surface area contributed by atoms with Crippen LogP contribution in [0.25, 0.3) is 0 Å². The molecule has 2 N–H and O–H groups in total. The Kier molecular flexibility index (Phi) is 4.07. The highest BCUT2D eigenvalue weighted by Crippen LogP contribution is 2.26. The molecule has 2 atom stereocenters. The standard InChI is InChI=1S/C11H23N/c1-9(2)10-7-5-3-4-6-8-11(10)12/h9-11H,3-8,12H2,1-2H3/t10-,11-/m0/s1. The fourth-order valence-electron chi connectivity index (χ4n) is 2.37. The first-order chi connectivity index (χ1) is 5.72. The Labute approximate surface area is 76.7 Å². The van der Waals surface area contributed by atoms with Gasteiger partial charge in [0, 0.05) is 6.04 Å². The number of rotatable bonds is 1. The normalized spacial score (nSPS) is 33.0. The lowest BCUT2D eigenvalue weighted by atomic mass is 9.80. The highest BCUT2D eigenvalue weighted by molar-refractivity contribution is 4.77. The first-order valence-corrected chi connectivity index (χ1v) is 5.47. The molecule has 1 nitrogen and oxygen atoms in total. The highest BCUT2D eigenvalue weighted by atomic mass is 14.7. The second kappa shape index (κ2) is 4.86. The van der Waals surface area contributed by atoms with Crippen molar-refractivity contribution in [2.24, 2.45) is 17.6 Å². The van der Waals surface area contributed by atoms with Gasteiger partial charge in [-0.3, -0.25) is 0 Å². The second-order valence-electron chi connectivity index (χ2n) is 4.56. The van der Waals surface area contributed by atoms with Gasteiger partial charge in [0.15, 0.2) is 0 Å². The van der Waals surface area contributed by atoms with Gasteiger partial charge in [0.25, 0.3) is 0 Å². The first-order valence-electron chi connectivity index (χ1n) is 5.47. The van der Waals surface area contributed by atoms with E-state index in [-0.39, 0.29) is 0 Å². The monoisotopic (exact) mass is 169 g/mol. The maximum Gasteiger partial charge on any atom is 0.00696 e. The Morgan fingerprint density at radius 2 is 1.58 bits per heavy atom. The molecule has 0 saturated heterocycles. The van der Waals surface area contributed by atoms with Crippen molar-refractivity contribution in [1.29, 1.82) is 0 Å². The van der Waals surface area contributed by atoms with Gasteiger partial charge in [-0.1, -0.05) is 39.5 Å². The Morgan fingerprint density at radius 1 is 1.00 bits per heavy atom. The van der Waals surface area contributed by atoms with Crippen LogP contribution in [0.15, 0.2) is 0 Å². The first kappa shape index (κ1) is 10.0. The molecule has 1 aliphatic rings. The van der Waals surface area contributed by atoms with Crippen molar-refractivity contribution in [1.82, 2.24) is 0 Å². The molecule has 1 heteroatoms. The highest BCUT2D eigenvalue weighted by Gasteiger charge is 2.21. The Balaban J connectivity index is 2.43. The maximum atomic E-state index is 6.15. The lowest BCUT2D eigenvalue weighted by molar-refractivity contribution is 0.260. The lowest BCUT2D eigenvalue weighted by Gasteiger charge is -2.29. The number of nitrogens with two attached hydrogens (primary N) is 1. The van der Waals surface area contributed by atoms with Crippen molar-refractivity contribution in [3.05, 3.63) is 0 Å². The van der Waals surface area contributed by atoms with E-state index in [2.05, 4.69) is 13.8 Å². The minimum Gasteiger partial charge on any atom is -0.327 e. The zero-order valence-corrected chi connectivity index (χ0v) is 8.55. The molecule has 1 aliphatic carbocycles. The van der Waals surface area contributed by atoms with Gasteiger partial charge in [-0.05, 0) is 24.7 Å². The van der Waals surface area contributed by atoms with Crippen LogP contribution >= 0.6 is 0 Å². The predicted molar refractivity (Wildman–Crippen MR) is 54.0 cm³/mol. The molecule has 0 spiro atoms. The summed E-state index contributed by atoms with van der Waals surface area (Å²) < 4.78 is 0. The van der Waals surface area contributed by atoms with Crippen molar-refractivity contribution < 1.29 is 0 Å². The minimum absolute atomic E-state index is 0.477. The molecule has 0 aliphatic heterocycles. The van der Waals surface area contributed by atoms with Crippen LogP contribution in [0.2, 0.25) is 0 Å². The average Bonchev–Trinajstić information content (AvgIpc) is 1.96. The van der Waals surface area contributed by atoms with Crippen molar-refractivity contribution in [3.8, 4) is 0 Å². The Morgan fingerprint density at radius 3 is 2.17 bits per heavy atom. The Hall–Kier alpha value is -0.0400. The third-order valence-electron chi connectivity index (χ3n) is 3.23. The van der Waals surface area contributed by atoms with Crippen LogP contribution in [0.5, 0.6) is 0 Å². The molecule has 72 valence electrons. The van der Waals surface area contributed by atoms with Crippen LogP contribution in [0, 0.1) is 11.8 Å². The molecule has 0 aromatic carbocycles. The topological polar surface area (TPSA) is 26.0 Å². The van der Waals surface area contributed by atoms with Crippen LogP contribution in [0.1, 0.15) is 52.4 Å². The van der Waals surface area contributed by atoms with E-state index in [1.165, 1.54) is 38.5 Å². The molecule has 0 radical (unpaired) electrons. The van der Waals surface area contributed by atoms with Gasteiger partial charge in [0.1, 0.15) is 0 Å². The van der Waals surface area contributed by atoms with E-state index < -0.39 is 0 Å². The van der Waals surface area contributed by atoms with Gasteiger partial charge in [-0.15, -0.1) is 0 Å². The van der Waals surface area contributed by atoms with Gasteiger partial charge < -0.3 is 5.73 Å². The van der Waals surface area contributed by atoms with Crippen molar-refractivity contribution >= 4 is 0 Å². The summed E-state index contributed by atoms with van der Waals surface area (Å²) >= 11 is 0. The summed E-state index contributed by atoms with van der Waals surface area (Å²) in [6.45, 7) is 4.62.